The van der Waals surface area contributed by atoms with Crippen LogP contribution < -0.4 is 25.8 Å². The van der Waals surface area contributed by atoms with Gasteiger partial charge in [0.25, 0.3) is 0 Å². The van der Waals surface area contributed by atoms with Crippen LogP contribution in [0.25, 0.3) is 42.5 Å². The minimum Gasteiger partial charge on any atom is -0.444 e. The number of ether oxygens (including phenoxy) is 1. The average Bonchev–Trinajstić information content (AvgIpc) is 4.21. The summed E-state index contributed by atoms with van der Waals surface area (Å²) >= 11 is 3.04. The van der Waals surface area contributed by atoms with Crippen LogP contribution in [0.1, 0.15) is 84.2 Å². The maximum absolute atomic E-state index is 12.3. The summed E-state index contributed by atoms with van der Waals surface area (Å²) in [6.07, 6.45) is 21.1. The van der Waals surface area contributed by atoms with Crippen molar-refractivity contribution in [2.24, 2.45) is 0 Å². The molecule has 348 valence electrons. The molecule has 8 aromatic rings. The Hall–Kier alpha value is -6.25. The van der Waals surface area contributed by atoms with Crippen molar-refractivity contribution in [3.63, 3.8) is 0 Å². The number of fused-ring (bicyclic) bond motifs is 6. The number of aromatic nitrogens is 10. The molecular weight excluding hydrogens is 885 g/mol. The van der Waals surface area contributed by atoms with Crippen LogP contribution in [0, 0.1) is 0 Å². The fourth-order valence-electron chi connectivity index (χ4n) is 9.95. The molecule has 1 amide bonds. The van der Waals surface area contributed by atoms with Gasteiger partial charge >= 0.3 is 6.09 Å². The minimum absolute atomic E-state index is 0.253. The molecule has 18 nitrogen and oxygen atoms in total. The van der Waals surface area contributed by atoms with E-state index in [-0.39, 0.29) is 6.09 Å². The summed E-state index contributed by atoms with van der Waals surface area (Å²) in [5.74, 6) is 2.58. The fourth-order valence-corrected chi connectivity index (χ4v) is 11.4. The van der Waals surface area contributed by atoms with Crippen LogP contribution in [-0.2, 0) is 4.74 Å². The molecule has 0 bridgehead atoms. The Bertz CT molecular complexity index is 2990. The summed E-state index contributed by atoms with van der Waals surface area (Å²) in [5.41, 5.74) is 6.00. The molecule has 0 radical (unpaired) electrons. The van der Waals surface area contributed by atoms with E-state index in [9.17, 15) is 4.79 Å². The molecule has 4 fully saturated rings. The third-order valence-electron chi connectivity index (χ3n) is 13.2. The number of rotatable bonds is 8. The van der Waals surface area contributed by atoms with E-state index in [0.717, 1.165) is 88.7 Å². The molecule has 2 saturated carbocycles. The van der Waals surface area contributed by atoms with Crippen molar-refractivity contribution in [3.8, 4) is 0 Å². The molecule has 2 saturated heterocycles. The number of piperazine rings is 2. The predicted molar refractivity (Wildman–Crippen MR) is 267 cm³/mol. The topological polar surface area (TPSA) is 185 Å². The first-order chi connectivity index (χ1) is 32.7. The molecule has 4 aliphatic rings. The lowest BCUT2D eigenvalue weighted by Gasteiger charge is -2.36. The molecule has 67 heavy (non-hydrogen) atoms. The molecule has 20 heteroatoms. The Labute approximate surface area is 396 Å². The number of hydrogen-bond acceptors (Lipinski definition) is 17. The zero-order valence-electron chi connectivity index (χ0n) is 38.2. The van der Waals surface area contributed by atoms with Crippen molar-refractivity contribution in [2.75, 3.05) is 72.8 Å². The Balaban J connectivity index is 0.000000151. The second kappa shape index (κ2) is 18.4. The molecule has 0 unspecified atom stereocenters. The lowest BCUT2D eigenvalue weighted by molar-refractivity contribution is 0.0240. The van der Waals surface area contributed by atoms with E-state index in [1.807, 2.05) is 76.2 Å². The smallest absolute Gasteiger partial charge is 0.410 e. The summed E-state index contributed by atoms with van der Waals surface area (Å²) in [7, 11) is 0. The number of pyridine rings is 2. The van der Waals surface area contributed by atoms with E-state index >= 15 is 0 Å². The number of amides is 1. The number of hydrogen-bond donors (Lipinski definition) is 3. The summed E-state index contributed by atoms with van der Waals surface area (Å²) in [6.45, 7) is 12.4. The monoisotopic (exact) mass is 940 g/mol. The van der Waals surface area contributed by atoms with Gasteiger partial charge in [-0.15, -0.1) is 0 Å². The highest BCUT2D eigenvalue weighted by Gasteiger charge is 2.28. The lowest BCUT2D eigenvalue weighted by atomic mass is 10.2. The van der Waals surface area contributed by atoms with Crippen LogP contribution >= 0.6 is 23.1 Å². The van der Waals surface area contributed by atoms with Gasteiger partial charge in [0.2, 0.25) is 11.9 Å². The van der Waals surface area contributed by atoms with E-state index in [0.29, 0.717) is 42.9 Å². The van der Waals surface area contributed by atoms with E-state index in [1.165, 1.54) is 84.6 Å². The van der Waals surface area contributed by atoms with Gasteiger partial charge in [0.05, 0.1) is 67.4 Å². The average molecular weight is 941 g/mol. The highest BCUT2D eigenvalue weighted by molar-refractivity contribution is 7.14. The molecule has 12 rings (SSSR count). The second-order valence-corrected chi connectivity index (χ2v) is 20.4. The summed E-state index contributed by atoms with van der Waals surface area (Å²) in [5, 5.41) is 12.1. The van der Waals surface area contributed by atoms with Crippen molar-refractivity contribution in [2.45, 2.75) is 89.8 Å². The van der Waals surface area contributed by atoms with E-state index < -0.39 is 5.60 Å². The van der Waals surface area contributed by atoms with Crippen molar-refractivity contribution < 1.29 is 9.53 Å². The zero-order valence-corrected chi connectivity index (χ0v) is 39.8. The molecule has 10 heterocycles. The van der Waals surface area contributed by atoms with Crippen LogP contribution in [0.4, 0.5) is 39.7 Å². The standard InChI is InChI=1S/C26H32N8O2S.C21H24N8S/c1-26(2,3)36-25(35)33-12-10-32(11-13-33)18-8-9-21(27-14-18)30-24-28-15-19-22-20(16-29-37-22)34(23(19)31-24)17-6-4-5-7-17;1-2-4-14(3-1)29-17-13-25-30-19(17)16-12-24-21(27-20(16)29)26-18-6-5-15(11-23-18)28-9-7-22-8-10-28/h8-9,14-17H,4-7,10-13H2,1-3H3,(H,27,28,30,31);5-6,11-14,22H,1-4,7-10H2,(H,23,24,26,27). The Morgan fingerprint density at radius 2 is 1.10 bits per heavy atom. The Morgan fingerprint density at radius 1 is 0.627 bits per heavy atom. The highest BCUT2D eigenvalue weighted by Crippen LogP contribution is 2.41. The third kappa shape index (κ3) is 9.01. The fraction of sp³-hybridized carbons (Fsp3) is 0.468. The molecule has 2 aliphatic heterocycles. The van der Waals surface area contributed by atoms with Gasteiger partial charge in [-0.2, -0.15) is 18.7 Å². The van der Waals surface area contributed by atoms with Gasteiger partial charge in [-0.3, -0.25) is 0 Å². The predicted octanol–water partition coefficient (Wildman–Crippen LogP) is 9.06. The number of carbonyl (C=O) groups excluding carboxylic acids is 1. The maximum Gasteiger partial charge on any atom is 0.410 e. The zero-order chi connectivity index (χ0) is 45.5. The molecule has 3 N–H and O–H groups in total. The van der Waals surface area contributed by atoms with Gasteiger partial charge in [-0.25, -0.2) is 24.7 Å². The number of anilines is 6. The van der Waals surface area contributed by atoms with Gasteiger partial charge < -0.3 is 44.5 Å². The Kier molecular flexibility index (Phi) is 11.9. The van der Waals surface area contributed by atoms with Crippen molar-refractivity contribution >= 4 is 107 Å². The highest BCUT2D eigenvalue weighted by atomic mass is 32.1. The molecule has 0 aromatic carbocycles. The van der Waals surface area contributed by atoms with Gasteiger partial charge in [0.15, 0.2) is 0 Å². The van der Waals surface area contributed by atoms with E-state index in [1.54, 1.807) is 4.90 Å². The molecule has 0 atom stereocenters. The largest absolute Gasteiger partial charge is 0.444 e. The molecular formula is C47H56N16O2S2. The van der Waals surface area contributed by atoms with Crippen LogP contribution in [0.5, 0.6) is 0 Å². The third-order valence-corrected chi connectivity index (χ3v) is 14.9. The van der Waals surface area contributed by atoms with Crippen LogP contribution in [0.2, 0.25) is 0 Å². The number of nitrogens with one attached hydrogen (secondary N) is 3. The van der Waals surface area contributed by atoms with Crippen LogP contribution in [0.15, 0.2) is 61.4 Å². The summed E-state index contributed by atoms with van der Waals surface area (Å²) < 4.78 is 21.4. The van der Waals surface area contributed by atoms with Crippen LogP contribution in [-0.4, -0.2) is 117 Å². The van der Waals surface area contributed by atoms with Gasteiger partial charge in [-0.05, 0) is 93.8 Å². The quantitative estimate of drug-likeness (QED) is 0.131. The van der Waals surface area contributed by atoms with Crippen molar-refractivity contribution in [1.29, 1.82) is 0 Å². The van der Waals surface area contributed by atoms with E-state index in [2.05, 4.69) is 69.6 Å². The minimum atomic E-state index is -0.484. The van der Waals surface area contributed by atoms with Gasteiger partial charge in [-0.1, -0.05) is 25.7 Å². The van der Waals surface area contributed by atoms with E-state index in [4.69, 9.17) is 14.7 Å². The first-order valence-corrected chi connectivity index (χ1v) is 25.1. The molecule has 8 aromatic heterocycles. The molecule has 0 spiro atoms. The SMILES string of the molecule is CC(C)(C)OC(=O)N1CCN(c2ccc(Nc3ncc4c5sncc5n(C5CCCC5)c4n3)nc2)CC1.c1cc(Nc2ncc3c4sncc4n(C4CCCC4)c3n2)ncc1N1CCNCC1. The van der Waals surface area contributed by atoms with Crippen LogP contribution in [0.3, 0.4) is 0 Å². The summed E-state index contributed by atoms with van der Waals surface area (Å²) in [4.78, 5) is 46.8. The number of carbonyl (C=O) groups is 1. The maximum atomic E-state index is 12.3. The van der Waals surface area contributed by atoms with Gasteiger partial charge in [0, 0.05) is 76.8 Å². The number of nitrogens with zero attached hydrogens (tertiary/aromatic N) is 13. The summed E-state index contributed by atoms with van der Waals surface area (Å²) in [6, 6.07) is 9.07. The molecule has 2 aliphatic carbocycles. The first kappa shape index (κ1) is 43.3. The first-order valence-electron chi connectivity index (χ1n) is 23.6. The van der Waals surface area contributed by atoms with Gasteiger partial charge in [0.1, 0.15) is 28.5 Å². The van der Waals surface area contributed by atoms with Crippen molar-refractivity contribution in [3.05, 3.63) is 61.4 Å². The second-order valence-electron chi connectivity index (χ2n) is 18.8. The normalized spacial score (nSPS) is 17.5. The Morgan fingerprint density at radius 3 is 1.55 bits per heavy atom. The lowest BCUT2D eigenvalue weighted by Crippen LogP contribution is -2.50. The van der Waals surface area contributed by atoms with Crippen molar-refractivity contribution in [1.82, 2.24) is 58.0 Å².